The smallest absolute Gasteiger partial charge is 0.318 e. The Kier molecular flexibility index (Phi) is 5.06. The molecule has 0 saturated heterocycles. The number of carboxylic acid groups (broad SMARTS) is 1. The van der Waals surface area contributed by atoms with Crippen molar-refractivity contribution in [2.75, 3.05) is 0 Å². The summed E-state index contributed by atoms with van der Waals surface area (Å²) in [6.45, 7) is 1.31. The number of hydrogen-bond acceptors (Lipinski definition) is 3. The van der Waals surface area contributed by atoms with Crippen molar-refractivity contribution < 1.29 is 19.5 Å². The van der Waals surface area contributed by atoms with Crippen molar-refractivity contribution in [3.8, 4) is 0 Å². The lowest BCUT2D eigenvalue weighted by Gasteiger charge is -2.27. The average molecular weight is 310 g/mol. The van der Waals surface area contributed by atoms with Crippen molar-refractivity contribution in [3.63, 3.8) is 0 Å². The summed E-state index contributed by atoms with van der Waals surface area (Å²) < 4.78 is 0. The molecule has 0 radical (unpaired) electrons. The molecule has 0 aliphatic heterocycles. The van der Waals surface area contributed by atoms with Gasteiger partial charge in [0.15, 0.2) is 5.78 Å². The third-order valence-corrected chi connectivity index (χ3v) is 3.78. The molecule has 2 aromatic carbocycles. The molecule has 0 fully saturated rings. The Morgan fingerprint density at radius 1 is 0.913 bits per heavy atom. The molecule has 2 aromatic rings. The van der Waals surface area contributed by atoms with E-state index in [0.717, 1.165) is 0 Å². The molecule has 0 heterocycles. The van der Waals surface area contributed by atoms with Crippen LogP contribution >= 0.6 is 0 Å². The van der Waals surface area contributed by atoms with Gasteiger partial charge in [-0.05, 0) is 18.9 Å². The maximum Gasteiger partial charge on any atom is 0.318 e. The fourth-order valence-corrected chi connectivity index (χ4v) is 2.71. The van der Waals surface area contributed by atoms with Crippen LogP contribution in [0.15, 0.2) is 60.7 Å². The summed E-state index contributed by atoms with van der Waals surface area (Å²) in [5.74, 6) is -2.14. The first-order chi connectivity index (χ1) is 11.0. The van der Waals surface area contributed by atoms with Crippen LogP contribution < -0.4 is 0 Å². The molecule has 0 spiro atoms. The van der Waals surface area contributed by atoms with Gasteiger partial charge in [0.1, 0.15) is 11.2 Å². The summed E-state index contributed by atoms with van der Waals surface area (Å²) in [5.41, 5.74) is -0.776. The molecule has 1 atom stereocenters. The minimum absolute atomic E-state index is 0.0174. The van der Waals surface area contributed by atoms with Crippen LogP contribution in [0.25, 0.3) is 0 Å². The molecule has 0 amide bonds. The highest BCUT2D eigenvalue weighted by atomic mass is 16.4. The Labute approximate surface area is 134 Å². The van der Waals surface area contributed by atoms with Crippen molar-refractivity contribution in [2.45, 2.75) is 19.8 Å². The van der Waals surface area contributed by atoms with E-state index in [4.69, 9.17) is 0 Å². The number of Topliss-reactive ketones (excluding diaryl/α,β-unsaturated/α-hetero) is 2. The van der Waals surface area contributed by atoms with Crippen LogP contribution in [0.3, 0.4) is 0 Å². The fourth-order valence-electron chi connectivity index (χ4n) is 2.71. The molecule has 23 heavy (non-hydrogen) atoms. The van der Waals surface area contributed by atoms with Crippen molar-refractivity contribution in [1.82, 2.24) is 0 Å². The zero-order chi connectivity index (χ0) is 16.9. The van der Waals surface area contributed by atoms with E-state index < -0.39 is 17.2 Å². The third-order valence-electron chi connectivity index (χ3n) is 3.78. The zero-order valence-corrected chi connectivity index (χ0v) is 12.9. The number of aliphatic carboxylic acids is 1. The van der Waals surface area contributed by atoms with E-state index in [-0.39, 0.29) is 18.6 Å². The number of ketones is 2. The van der Waals surface area contributed by atoms with Gasteiger partial charge in [-0.15, -0.1) is 0 Å². The van der Waals surface area contributed by atoms with Gasteiger partial charge in [0.25, 0.3) is 0 Å². The Balaban J connectivity index is 2.51. The van der Waals surface area contributed by atoms with Gasteiger partial charge in [-0.25, -0.2) is 0 Å². The Bertz CT molecular complexity index is 707. The molecular formula is C19H18O4. The minimum Gasteiger partial charge on any atom is -0.480 e. The molecule has 1 unspecified atom stereocenters. The van der Waals surface area contributed by atoms with Crippen LogP contribution in [-0.4, -0.2) is 22.6 Å². The summed E-state index contributed by atoms with van der Waals surface area (Å²) in [7, 11) is 0. The molecule has 0 aliphatic rings. The SMILES string of the molecule is CC(=O)CC(Cc1ccccc1)(C(=O)O)C(=O)c1ccccc1. The monoisotopic (exact) mass is 310 g/mol. The van der Waals surface area contributed by atoms with Gasteiger partial charge in [-0.3, -0.25) is 14.4 Å². The number of carboxylic acids is 1. The summed E-state index contributed by atoms with van der Waals surface area (Å²) in [5, 5.41) is 9.79. The molecule has 2 rings (SSSR count). The maximum absolute atomic E-state index is 12.9. The fraction of sp³-hybridized carbons (Fsp3) is 0.211. The number of carbonyl (C=O) groups excluding carboxylic acids is 2. The van der Waals surface area contributed by atoms with Gasteiger partial charge in [0.05, 0.1) is 0 Å². The highest BCUT2D eigenvalue weighted by Gasteiger charge is 2.47. The maximum atomic E-state index is 12.9. The third kappa shape index (κ3) is 3.72. The predicted molar refractivity (Wildman–Crippen MR) is 86.3 cm³/mol. The summed E-state index contributed by atoms with van der Waals surface area (Å²) >= 11 is 0. The molecule has 0 aliphatic carbocycles. The first kappa shape index (κ1) is 16.6. The van der Waals surface area contributed by atoms with E-state index >= 15 is 0 Å². The molecule has 0 saturated carbocycles. The second-order valence-electron chi connectivity index (χ2n) is 5.62. The number of benzene rings is 2. The van der Waals surface area contributed by atoms with Crippen molar-refractivity contribution in [1.29, 1.82) is 0 Å². The standard InChI is InChI=1S/C19H18O4/c1-14(20)12-19(18(22)23,13-15-8-4-2-5-9-15)17(21)16-10-6-3-7-11-16/h2-11H,12-13H2,1H3,(H,22,23). The van der Waals surface area contributed by atoms with Gasteiger partial charge < -0.3 is 5.11 Å². The van der Waals surface area contributed by atoms with Gasteiger partial charge in [-0.1, -0.05) is 60.7 Å². The van der Waals surface area contributed by atoms with E-state index in [9.17, 15) is 19.5 Å². The molecule has 4 nitrogen and oxygen atoms in total. The number of rotatable bonds is 7. The van der Waals surface area contributed by atoms with Gasteiger partial charge >= 0.3 is 5.97 Å². The number of hydrogen-bond donors (Lipinski definition) is 1. The topological polar surface area (TPSA) is 71.4 Å². The average Bonchev–Trinajstić information content (AvgIpc) is 2.54. The first-order valence-corrected chi connectivity index (χ1v) is 7.32. The Morgan fingerprint density at radius 2 is 1.43 bits per heavy atom. The Hall–Kier alpha value is -2.75. The summed E-state index contributed by atoms with van der Waals surface area (Å²) in [6, 6.07) is 17.2. The lowest BCUT2D eigenvalue weighted by Crippen LogP contribution is -2.43. The van der Waals surface area contributed by atoms with Crippen molar-refractivity contribution in [3.05, 3.63) is 71.8 Å². The highest BCUT2D eigenvalue weighted by molar-refractivity contribution is 6.14. The van der Waals surface area contributed by atoms with Gasteiger partial charge in [0, 0.05) is 12.0 Å². The molecule has 118 valence electrons. The van der Waals surface area contributed by atoms with Crippen LogP contribution in [0.4, 0.5) is 0 Å². The normalized spacial score (nSPS) is 13.1. The van der Waals surface area contributed by atoms with Crippen LogP contribution in [0.1, 0.15) is 29.3 Å². The summed E-state index contributed by atoms with van der Waals surface area (Å²) in [6.07, 6.45) is -0.346. The molecular weight excluding hydrogens is 292 g/mol. The van der Waals surface area contributed by atoms with E-state index in [1.165, 1.54) is 6.92 Å². The van der Waals surface area contributed by atoms with Crippen LogP contribution in [-0.2, 0) is 16.0 Å². The second kappa shape index (κ2) is 7.01. The van der Waals surface area contributed by atoms with Crippen molar-refractivity contribution in [2.24, 2.45) is 5.41 Å². The molecule has 0 aromatic heterocycles. The largest absolute Gasteiger partial charge is 0.480 e. The quantitative estimate of drug-likeness (QED) is 0.630. The van der Waals surface area contributed by atoms with E-state index in [2.05, 4.69) is 0 Å². The van der Waals surface area contributed by atoms with Crippen LogP contribution in [0, 0.1) is 5.41 Å². The number of carbonyl (C=O) groups is 3. The van der Waals surface area contributed by atoms with Crippen LogP contribution in [0.5, 0.6) is 0 Å². The lowest BCUT2D eigenvalue weighted by molar-refractivity contribution is -0.148. The lowest BCUT2D eigenvalue weighted by atomic mass is 9.72. The Morgan fingerprint density at radius 3 is 1.91 bits per heavy atom. The molecule has 1 N–H and O–H groups in total. The van der Waals surface area contributed by atoms with E-state index in [0.29, 0.717) is 11.1 Å². The summed E-state index contributed by atoms with van der Waals surface area (Å²) in [4.78, 5) is 36.6. The highest BCUT2D eigenvalue weighted by Crippen LogP contribution is 2.32. The van der Waals surface area contributed by atoms with E-state index in [1.54, 1.807) is 54.6 Å². The van der Waals surface area contributed by atoms with E-state index in [1.807, 2.05) is 6.07 Å². The van der Waals surface area contributed by atoms with Gasteiger partial charge in [-0.2, -0.15) is 0 Å². The van der Waals surface area contributed by atoms with Crippen LogP contribution in [0.2, 0.25) is 0 Å². The first-order valence-electron chi connectivity index (χ1n) is 7.32. The zero-order valence-electron chi connectivity index (χ0n) is 12.9. The van der Waals surface area contributed by atoms with Gasteiger partial charge in [0.2, 0.25) is 0 Å². The minimum atomic E-state index is -1.78. The predicted octanol–water partition coefficient (Wildman–Crippen LogP) is 3.16. The molecule has 4 heteroatoms. The van der Waals surface area contributed by atoms with Crippen molar-refractivity contribution >= 4 is 17.5 Å². The second-order valence-corrected chi connectivity index (χ2v) is 5.62. The molecule has 0 bridgehead atoms.